The molecule has 1 atom stereocenters. The third-order valence-corrected chi connectivity index (χ3v) is 4.19. The third kappa shape index (κ3) is 3.43. The largest absolute Gasteiger partial charge is 0.351 e. The number of thioether (sulfide) groups is 1. The van der Waals surface area contributed by atoms with Crippen LogP contribution < -0.4 is 11.1 Å². The summed E-state index contributed by atoms with van der Waals surface area (Å²) in [4.78, 5) is 22.7. The van der Waals surface area contributed by atoms with Gasteiger partial charge in [0.2, 0.25) is 11.1 Å². The topological polar surface area (TPSA) is 116 Å². The minimum absolute atomic E-state index is 0.0219. The maximum atomic E-state index is 11.9. The fourth-order valence-electron chi connectivity index (χ4n) is 1.61. The van der Waals surface area contributed by atoms with E-state index in [-0.39, 0.29) is 5.92 Å². The van der Waals surface area contributed by atoms with E-state index in [1.54, 1.807) is 4.68 Å². The number of amides is 3. The van der Waals surface area contributed by atoms with E-state index in [1.165, 1.54) is 11.8 Å². The molecular weight excluding hydrogens is 268 g/mol. The quantitative estimate of drug-likeness (QED) is 0.752. The van der Waals surface area contributed by atoms with Gasteiger partial charge in [-0.25, -0.2) is 9.48 Å². The predicted octanol–water partition coefficient (Wildman–Crippen LogP) is 0.320. The maximum absolute atomic E-state index is 11.9. The minimum atomic E-state index is -0.849. The van der Waals surface area contributed by atoms with Crippen molar-refractivity contribution in [2.75, 3.05) is 0 Å². The molecule has 9 heteroatoms. The lowest BCUT2D eigenvalue weighted by molar-refractivity contribution is -0.120. The van der Waals surface area contributed by atoms with Crippen LogP contribution in [0.2, 0.25) is 0 Å². The Morgan fingerprint density at radius 1 is 1.47 bits per heavy atom. The van der Waals surface area contributed by atoms with E-state index in [1.807, 2.05) is 13.8 Å². The number of hydrogen-bond acceptors (Lipinski definition) is 6. The number of carbonyl (C=O) groups is 2. The van der Waals surface area contributed by atoms with Gasteiger partial charge in [-0.2, -0.15) is 0 Å². The number of nitrogens with one attached hydrogen (secondary N) is 1. The van der Waals surface area contributed by atoms with Gasteiger partial charge in [0.25, 0.3) is 0 Å². The van der Waals surface area contributed by atoms with Crippen molar-refractivity contribution < 1.29 is 9.59 Å². The molecule has 1 unspecified atom stereocenters. The summed E-state index contributed by atoms with van der Waals surface area (Å²) in [5, 5.41) is 13.7. The zero-order chi connectivity index (χ0) is 14.0. The smallest absolute Gasteiger partial charge is 0.318 e. The number of tetrazole rings is 1. The Bertz CT molecular complexity index is 484. The van der Waals surface area contributed by atoms with Crippen LogP contribution in [0.1, 0.15) is 32.7 Å². The van der Waals surface area contributed by atoms with E-state index in [2.05, 4.69) is 20.8 Å². The summed E-state index contributed by atoms with van der Waals surface area (Å²) in [5.41, 5.74) is 4.97. The molecule has 0 radical (unpaired) electrons. The lowest BCUT2D eigenvalue weighted by Gasteiger charge is -2.17. The molecule has 19 heavy (non-hydrogen) atoms. The van der Waals surface area contributed by atoms with E-state index in [0.717, 1.165) is 12.8 Å². The number of aromatic nitrogens is 4. The van der Waals surface area contributed by atoms with Gasteiger partial charge in [-0.3, -0.25) is 10.1 Å². The number of urea groups is 1. The average Bonchev–Trinajstić information content (AvgIpc) is 3.04. The van der Waals surface area contributed by atoms with Crippen LogP contribution in [0.3, 0.4) is 0 Å². The van der Waals surface area contributed by atoms with E-state index in [9.17, 15) is 9.59 Å². The number of imide groups is 1. The van der Waals surface area contributed by atoms with Crippen molar-refractivity contribution in [2.45, 2.75) is 43.1 Å². The maximum Gasteiger partial charge on any atom is 0.318 e. The van der Waals surface area contributed by atoms with Gasteiger partial charge in [0.1, 0.15) is 0 Å². The lowest BCUT2D eigenvalue weighted by Crippen LogP contribution is -2.42. The van der Waals surface area contributed by atoms with Crippen LogP contribution in [0.4, 0.5) is 4.79 Å². The third-order valence-electron chi connectivity index (χ3n) is 2.70. The first-order chi connectivity index (χ1) is 8.99. The van der Waals surface area contributed by atoms with Gasteiger partial charge in [0.15, 0.2) is 0 Å². The summed E-state index contributed by atoms with van der Waals surface area (Å²) in [7, 11) is 0. The Morgan fingerprint density at radius 2 is 2.16 bits per heavy atom. The normalized spacial score (nSPS) is 16.4. The van der Waals surface area contributed by atoms with Gasteiger partial charge in [0, 0.05) is 0 Å². The molecule has 1 aliphatic rings. The first-order valence-corrected chi connectivity index (χ1v) is 6.92. The number of primary amides is 1. The number of rotatable bonds is 5. The Balaban J connectivity index is 2.09. The molecule has 0 bridgehead atoms. The van der Waals surface area contributed by atoms with Gasteiger partial charge >= 0.3 is 6.03 Å². The molecule has 0 spiro atoms. The molecule has 1 saturated carbocycles. The van der Waals surface area contributed by atoms with Crippen molar-refractivity contribution in [3.05, 3.63) is 0 Å². The number of hydrogen-bond donors (Lipinski definition) is 2. The monoisotopic (exact) mass is 284 g/mol. The van der Waals surface area contributed by atoms with Crippen molar-refractivity contribution >= 4 is 23.7 Å². The standard InChI is InChI=1S/C10H16N6O2S/c1-5(2)7(8(17)12-9(11)18)19-10-13-14-15-16(10)6-3-4-6/h5-7H,3-4H2,1-2H3,(H3,11,12,17,18). The van der Waals surface area contributed by atoms with Crippen LogP contribution in [0, 0.1) is 5.92 Å². The molecule has 8 nitrogen and oxygen atoms in total. The predicted molar refractivity (Wildman–Crippen MR) is 68.3 cm³/mol. The van der Waals surface area contributed by atoms with Crippen LogP contribution in [-0.4, -0.2) is 37.4 Å². The summed E-state index contributed by atoms with van der Waals surface area (Å²) in [6.45, 7) is 3.78. The minimum Gasteiger partial charge on any atom is -0.351 e. The molecule has 0 saturated heterocycles. The van der Waals surface area contributed by atoms with E-state index < -0.39 is 17.2 Å². The van der Waals surface area contributed by atoms with Gasteiger partial charge in [-0.15, -0.1) is 5.10 Å². The highest BCUT2D eigenvalue weighted by atomic mass is 32.2. The second-order valence-electron chi connectivity index (χ2n) is 4.77. The Kier molecular flexibility index (Phi) is 4.03. The van der Waals surface area contributed by atoms with Gasteiger partial charge in [-0.1, -0.05) is 25.6 Å². The molecule has 0 aliphatic heterocycles. The number of nitrogens with zero attached hydrogens (tertiary/aromatic N) is 4. The van der Waals surface area contributed by atoms with Crippen molar-refractivity contribution in [3.63, 3.8) is 0 Å². The van der Waals surface area contributed by atoms with Crippen LogP contribution in [-0.2, 0) is 4.79 Å². The fourth-order valence-corrected chi connectivity index (χ4v) is 2.65. The molecule has 2 rings (SSSR count). The summed E-state index contributed by atoms with van der Waals surface area (Å²) in [6.07, 6.45) is 2.11. The Morgan fingerprint density at radius 3 is 2.68 bits per heavy atom. The lowest BCUT2D eigenvalue weighted by atomic mass is 10.1. The SMILES string of the molecule is CC(C)C(Sc1nnnn1C1CC1)C(=O)NC(N)=O. The van der Waals surface area contributed by atoms with Gasteiger partial charge in [0.05, 0.1) is 11.3 Å². The molecule has 0 aromatic carbocycles. The van der Waals surface area contributed by atoms with Gasteiger partial charge < -0.3 is 5.73 Å². The van der Waals surface area contributed by atoms with Crippen LogP contribution in [0.15, 0.2) is 5.16 Å². The van der Waals surface area contributed by atoms with E-state index in [0.29, 0.717) is 11.2 Å². The van der Waals surface area contributed by atoms with Crippen molar-refractivity contribution in [3.8, 4) is 0 Å². The molecule has 3 N–H and O–H groups in total. The molecule has 1 heterocycles. The highest BCUT2D eigenvalue weighted by Gasteiger charge is 2.32. The summed E-state index contributed by atoms with van der Waals surface area (Å²) >= 11 is 1.26. The van der Waals surface area contributed by atoms with Crippen molar-refractivity contribution in [2.24, 2.45) is 11.7 Å². The molecule has 104 valence electrons. The molecule has 3 amide bonds. The first kappa shape index (κ1) is 13.8. The number of nitrogens with two attached hydrogens (primary N) is 1. The van der Waals surface area contributed by atoms with Crippen molar-refractivity contribution in [1.29, 1.82) is 0 Å². The van der Waals surface area contributed by atoms with E-state index in [4.69, 9.17) is 5.73 Å². The first-order valence-electron chi connectivity index (χ1n) is 6.04. The molecule has 1 aliphatic carbocycles. The Hall–Kier alpha value is -1.64. The average molecular weight is 284 g/mol. The molecular formula is C10H16N6O2S. The van der Waals surface area contributed by atoms with Crippen LogP contribution in [0.25, 0.3) is 0 Å². The molecule has 1 aromatic rings. The second-order valence-corrected chi connectivity index (χ2v) is 5.88. The van der Waals surface area contributed by atoms with Gasteiger partial charge in [-0.05, 0) is 29.2 Å². The highest BCUT2D eigenvalue weighted by Crippen LogP contribution is 2.37. The van der Waals surface area contributed by atoms with Crippen LogP contribution in [0.5, 0.6) is 0 Å². The van der Waals surface area contributed by atoms with Crippen LogP contribution >= 0.6 is 11.8 Å². The summed E-state index contributed by atoms with van der Waals surface area (Å²) in [6, 6.07) is -0.512. The Labute approximate surface area is 114 Å². The van der Waals surface area contributed by atoms with Crippen molar-refractivity contribution in [1.82, 2.24) is 25.5 Å². The second kappa shape index (κ2) is 5.55. The zero-order valence-electron chi connectivity index (χ0n) is 10.7. The highest BCUT2D eigenvalue weighted by molar-refractivity contribution is 8.00. The summed E-state index contributed by atoms with van der Waals surface area (Å²) in [5.74, 6) is -0.397. The summed E-state index contributed by atoms with van der Waals surface area (Å²) < 4.78 is 1.73. The zero-order valence-corrected chi connectivity index (χ0v) is 11.6. The number of carbonyl (C=O) groups excluding carboxylic acids is 2. The molecule has 1 aromatic heterocycles. The fraction of sp³-hybridized carbons (Fsp3) is 0.700. The molecule has 1 fully saturated rings. The van der Waals surface area contributed by atoms with E-state index >= 15 is 0 Å².